The summed E-state index contributed by atoms with van der Waals surface area (Å²) >= 11 is 1.45. The molecule has 1 aliphatic carbocycles. The maximum atomic E-state index is 13.1. The fourth-order valence-corrected chi connectivity index (χ4v) is 4.56. The Morgan fingerprint density at radius 2 is 1.77 bits per heavy atom. The minimum absolute atomic E-state index is 0.0507. The van der Waals surface area contributed by atoms with E-state index in [1.54, 1.807) is 4.57 Å². The van der Waals surface area contributed by atoms with Gasteiger partial charge in [0.05, 0.1) is 22.7 Å². The standard InChI is InChI=1S/C21H20N2O2S/c24-18-12-6-7-13-19(18)26-21-22-17-11-5-4-10-16(17)20(25)23(21)14-15-8-2-1-3-9-15/h1-5,8-11,19H,6-7,12-14H2/t19-/m0/s1. The quantitative estimate of drug-likeness (QED) is 0.656. The fraction of sp³-hybridized carbons (Fsp3) is 0.286. The molecule has 3 aromatic rings. The topological polar surface area (TPSA) is 52.0 Å². The lowest BCUT2D eigenvalue weighted by Gasteiger charge is -2.21. The van der Waals surface area contributed by atoms with Crippen LogP contribution in [0.3, 0.4) is 0 Å². The van der Waals surface area contributed by atoms with Crippen molar-refractivity contribution < 1.29 is 4.79 Å². The van der Waals surface area contributed by atoms with Gasteiger partial charge in [0.25, 0.3) is 5.56 Å². The highest BCUT2D eigenvalue weighted by molar-refractivity contribution is 8.00. The van der Waals surface area contributed by atoms with Crippen molar-refractivity contribution in [2.24, 2.45) is 0 Å². The molecular formula is C21H20N2O2S. The summed E-state index contributed by atoms with van der Waals surface area (Å²) in [5.41, 5.74) is 1.68. The molecule has 1 aromatic heterocycles. The third-order valence-corrected chi connectivity index (χ3v) is 6.06. The molecule has 2 aromatic carbocycles. The van der Waals surface area contributed by atoms with E-state index in [2.05, 4.69) is 0 Å². The molecule has 0 aliphatic heterocycles. The normalized spacial score (nSPS) is 17.5. The average Bonchev–Trinajstić information content (AvgIpc) is 2.67. The number of thioether (sulfide) groups is 1. The van der Waals surface area contributed by atoms with Crippen LogP contribution in [0.25, 0.3) is 10.9 Å². The van der Waals surface area contributed by atoms with Crippen molar-refractivity contribution in [3.05, 3.63) is 70.5 Å². The number of Topliss-reactive ketones (excluding diaryl/α,β-unsaturated/α-hetero) is 1. The number of carbonyl (C=O) groups is 1. The number of carbonyl (C=O) groups excluding carboxylic acids is 1. The Bertz CT molecular complexity index is 998. The van der Waals surface area contributed by atoms with Crippen molar-refractivity contribution >= 4 is 28.4 Å². The van der Waals surface area contributed by atoms with Crippen molar-refractivity contribution in [2.45, 2.75) is 42.6 Å². The maximum absolute atomic E-state index is 13.1. The Morgan fingerprint density at radius 3 is 2.58 bits per heavy atom. The van der Waals surface area contributed by atoms with Crippen LogP contribution in [-0.4, -0.2) is 20.6 Å². The fourth-order valence-electron chi connectivity index (χ4n) is 3.35. The molecule has 1 fully saturated rings. The highest BCUT2D eigenvalue weighted by Crippen LogP contribution is 2.31. The van der Waals surface area contributed by atoms with Crippen LogP contribution in [0.4, 0.5) is 0 Å². The molecule has 1 saturated carbocycles. The molecule has 5 heteroatoms. The summed E-state index contributed by atoms with van der Waals surface area (Å²) in [4.78, 5) is 30.1. The first-order valence-electron chi connectivity index (χ1n) is 8.95. The minimum Gasteiger partial charge on any atom is -0.298 e. The van der Waals surface area contributed by atoms with Gasteiger partial charge in [-0.1, -0.05) is 60.6 Å². The van der Waals surface area contributed by atoms with Crippen LogP contribution in [0.1, 0.15) is 31.2 Å². The molecular weight excluding hydrogens is 344 g/mol. The Balaban J connectivity index is 1.79. The van der Waals surface area contributed by atoms with Crippen LogP contribution < -0.4 is 5.56 Å². The summed E-state index contributed by atoms with van der Waals surface area (Å²) in [7, 11) is 0. The van der Waals surface area contributed by atoms with E-state index in [-0.39, 0.29) is 16.6 Å². The minimum atomic E-state index is -0.0983. The zero-order valence-electron chi connectivity index (χ0n) is 14.4. The number of para-hydroxylation sites is 1. The first kappa shape index (κ1) is 17.0. The predicted molar refractivity (Wildman–Crippen MR) is 105 cm³/mol. The molecule has 1 aliphatic rings. The third kappa shape index (κ3) is 3.44. The first-order chi connectivity index (χ1) is 12.7. The van der Waals surface area contributed by atoms with Gasteiger partial charge in [-0.25, -0.2) is 4.98 Å². The number of aromatic nitrogens is 2. The lowest BCUT2D eigenvalue weighted by molar-refractivity contribution is -0.119. The van der Waals surface area contributed by atoms with Gasteiger partial charge in [-0.15, -0.1) is 0 Å². The molecule has 132 valence electrons. The number of rotatable bonds is 4. The van der Waals surface area contributed by atoms with Gasteiger partial charge >= 0.3 is 0 Å². The third-order valence-electron chi connectivity index (χ3n) is 4.76. The number of benzene rings is 2. The van der Waals surface area contributed by atoms with Gasteiger partial charge in [-0.3, -0.25) is 14.2 Å². The highest BCUT2D eigenvalue weighted by atomic mass is 32.2. The van der Waals surface area contributed by atoms with E-state index in [9.17, 15) is 9.59 Å². The van der Waals surface area contributed by atoms with Gasteiger partial charge in [-0.05, 0) is 30.5 Å². The zero-order chi connectivity index (χ0) is 17.9. The van der Waals surface area contributed by atoms with Crippen LogP contribution in [0.5, 0.6) is 0 Å². The van der Waals surface area contributed by atoms with Crippen molar-refractivity contribution in [2.75, 3.05) is 0 Å². The van der Waals surface area contributed by atoms with Gasteiger partial charge in [0.1, 0.15) is 5.78 Å². The van der Waals surface area contributed by atoms with Gasteiger partial charge in [0.2, 0.25) is 0 Å². The molecule has 1 heterocycles. The smallest absolute Gasteiger partial charge is 0.262 e. The molecule has 0 N–H and O–H groups in total. The SMILES string of the molecule is O=C1CCCC[C@@H]1Sc1nc2ccccc2c(=O)n1Cc1ccccc1. The van der Waals surface area contributed by atoms with E-state index in [1.807, 2.05) is 54.6 Å². The second kappa shape index (κ2) is 7.46. The summed E-state index contributed by atoms with van der Waals surface area (Å²) in [6.45, 7) is 0.459. The number of hydrogen-bond acceptors (Lipinski definition) is 4. The Labute approximate surface area is 156 Å². The van der Waals surface area contributed by atoms with Crippen molar-refractivity contribution in [3.8, 4) is 0 Å². The van der Waals surface area contributed by atoms with E-state index in [1.165, 1.54) is 11.8 Å². The van der Waals surface area contributed by atoms with Crippen LogP contribution in [0, 0.1) is 0 Å². The second-order valence-corrected chi connectivity index (χ2v) is 7.78. The highest BCUT2D eigenvalue weighted by Gasteiger charge is 2.25. The van der Waals surface area contributed by atoms with Gasteiger partial charge < -0.3 is 0 Å². The van der Waals surface area contributed by atoms with E-state index < -0.39 is 0 Å². The number of nitrogens with zero attached hydrogens (tertiary/aromatic N) is 2. The molecule has 0 radical (unpaired) electrons. The second-order valence-electron chi connectivity index (χ2n) is 6.61. The molecule has 0 amide bonds. The number of hydrogen-bond donors (Lipinski definition) is 0. The molecule has 1 atom stereocenters. The number of ketones is 1. The molecule has 0 saturated heterocycles. The van der Waals surface area contributed by atoms with Crippen molar-refractivity contribution in [3.63, 3.8) is 0 Å². The van der Waals surface area contributed by atoms with Gasteiger partial charge in [-0.2, -0.15) is 0 Å². The maximum Gasteiger partial charge on any atom is 0.262 e. The summed E-state index contributed by atoms with van der Waals surface area (Å²) in [6.07, 6.45) is 3.52. The summed E-state index contributed by atoms with van der Waals surface area (Å²) in [6, 6.07) is 17.3. The lowest BCUT2D eigenvalue weighted by atomic mass is 9.99. The van der Waals surface area contributed by atoms with Gasteiger partial charge in [0, 0.05) is 6.42 Å². The molecule has 4 rings (SSSR count). The predicted octanol–water partition coefficient (Wildman–Crippen LogP) is 4.05. The van der Waals surface area contributed by atoms with Crippen LogP contribution in [0.15, 0.2) is 64.5 Å². The number of fused-ring (bicyclic) bond motifs is 1. The zero-order valence-corrected chi connectivity index (χ0v) is 15.2. The molecule has 4 nitrogen and oxygen atoms in total. The van der Waals surface area contributed by atoms with Crippen LogP contribution in [-0.2, 0) is 11.3 Å². The van der Waals surface area contributed by atoms with E-state index in [4.69, 9.17) is 4.98 Å². The van der Waals surface area contributed by atoms with E-state index in [0.29, 0.717) is 29.0 Å². The summed E-state index contributed by atoms with van der Waals surface area (Å²) in [5.74, 6) is 0.273. The average molecular weight is 364 g/mol. The Morgan fingerprint density at radius 1 is 1.00 bits per heavy atom. The Kier molecular flexibility index (Phi) is 4.89. The largest absolute Gasteiger partial charge is 0.298 e. The first-order valence-corrected chi connectivity index (χ1v) is 9.83. The van der Waals surface area contributed by atoms with E-state index >= 15 is 0 Å². The Hall–Kier alpha value is -2.40. The van der Waals surface area contributed by atoms with E-state index in [0.717, 1.165) is 24.8 Å². The lowest BCUT2D eigenvalue weighted by Crippen LogP contribution is -2.27. The summed E-state index contributed by atoms with van der Waals surface area (Å²) in [5, 5.41) is 1.15. The molecule has 0 bridgehead atoms. The van der Waals surface area contributed by atoms with Crippen LogP contribution in [0.2, 0.25) is 0 Å². The van der Waals surface area contributed by atoms with Crippen LogP contribution >= 0.6 is 11.8 Å². The monoisotopic (exact) mass is 364 g/mol. The van der Waals surface area contributed by atoms with Gasteiger partial charge in [0.15, 0.2) is 5.16 Å². The summed E-state index contributed by atoms with van der Waals surface area (Å²) < 4.78 is 1.71. The van der Waals surface area contributed by atoms with Crippen molar-refractivity contribution in [1.82, 2.24) is 9.55 Å². The van der Waals surface area contributed by atoms with Crippen molar-refractivity contribution in [1.29, 1.82) is 0 Å². The molecule has 0 unspecified atom stereocenters. The molecule has 26 heavy (non-hydrogen) atoms. The molecule has 0 spiro atoms.